The molecule has 2 rings (SSSR count). The van der Waals surface area contributed by atoms with E-state index in [-0.39, 0.29) is 5.97 Å². The van der Waals surface area contributed by atoms with Crippen LogP contribution in [0.3, 0.4) is 0 Å². The molecule has 1 aromatic carbocycles. The third-order valence-corrected chi connectivity index (χ3v) is 3.20. The molecule has 140 valence electrons. The van der Waals surface area contributed by atoms with Crippen LogP contribution < -0.4 is 4.74 Å². The number of ether oxygens (including phenoxy) is 1. The number of aliphatic carboxylic acids is 2. The average molecular weight is 362 g/mol. The van der Waals surface area contributed by atoms with E-state index in [9.17, 15) is 14.4 Å². The molecular weight excluding hydrogens is 340 g/mol. The zero-order valence-electron chi connectivity index (χ0n) is 14.9. The van der Waals surface area contributed by atoms with Gasteiger partial charge in [-0.25, -0.2) is 9.59 Å². The number of benzene rings is 1. The maximum atomic E-state index is 11.1. The molecule has 0 aliphatic carbocycles. The number of carboxylic acid groups (broad SMARTS) is 2. The fraction of sp³-hybridized carbons (Fsp3) is 0.278. The number of aromatic amines is 1. The maximum Gasteiger partial charge on any atom is 0.328 e. The van der Waals surface area contributed by atoms with E-state index >= 15 is 0 Å². The minimum Gasteiger partial charge on any atom is -0.478 e. The van der Waals surface area contributed by atoms with E-state index in [4.69, 9.17) is 14.9 Å². The summed E-state index contributed by atoms with van der Waals surface area (Å²) in [7, 11) is 4.09. The Labute approximate surface area is 150 Å². The van der Waals surface area contributed by atoms with Crippen molar-refractivity contribution >= 4 is 28.8 Å². The minimum atomic E-state index is -1.26. The van der Waals surface area contributed by atoms with Gasteiger partial charge in [0.15, 0.2) is 0 Å². The van der Waals surface area contributed by atoms with Gasteiger partial charge in [-0.2, -0.15) is 0 Å². The van der Waals surface area contributed by atoms with Crippen molar-refractivity contribution in [3.63, 3.8) is 0 Å². The Balaban J connectivity index is 0.000000359. The number of nitrogens with one attached hydrogen (secondary N) is 1. The number of rotatable bonds is 6. The Morgan fingerprint density at radius 2 is 1.77 bits per heavy atom. The number of H-pyrrole nitrogens is 1. The number of carbonyl (C=O) groups excluding carboxylic acids is 1. The molecular formula is C18H22N2O6. The number of likely N-dealkylation sites (N-methyl/N-ethyl adjacent to an activating group) is 1. The van der Waals surface area contributed by atoms with Gasteiger partial charge in [0.1, 0.15) is 5.75 Å². The Morgan fingerprint density at radius 1 is 1.15 bits per heavy atom. The van der Waals surface area contributed by atoms with Crippen LogP contribution in [-0.4, -0.2) is 58.6 Å². The predicted molar refractivity (Wildman–Crippen MR) is 96.3 cm³/mol. The second kappa shape index (κ2) is 10.00. The van der Waals surface area contributed by atoms with Crippen LogP contribution in [0, 0.1) is 0 Å². The third-order valence-electron chi connectivity index (χ3n) is 3.20. The molecule has 8 heteroatoms. The first kappa shape index (κ1) is 20.9. The zero-order valence-corrected chi connectivity index (χ0v) is 14.9. The maximum absolute atomic E-state index is 11.1. The van der Waals surface area contributed by atoms with Crippen LogP contribution in [0.2, 0.25) is 0 Å². The monoisotopic (exact) mass is 362 g/mol. The van der Waals surface area contributed by atoms with Crippen LogP contribution in [0.15, 0.2) is 36.5 Å². The van der Waals surface area contributed by atoms with Crippen molar-refractivity contribution in [2.24, 2.45) is 0 Å². The molecule has 0 spiro atoms. The number of nitrogens with zero attached hydrogens (tertiary/aromatic N) is 1. The molecule has 0 saturated heterocycles. The second-order valence-corrected chi connectivity index (χ2v) is 5.65. The van der Waals surface area contributed by atoms with Gasteiger partial charge < -0.3 is 24.8 Å². The molecule has 0 unspecified atom stereocenters. The molecule has 0 amide bonds. The second-order valence-electron chi connectivity index (χ2n) is 5.65. The molecule has 1 aromatic heterocycles. The van der Waals surface area contributed by atoms with Crippen LogP contribution in [-0.2, 0) is 20.8 Å². The number of hydrogen-bond acceptors (Lipinski definition) is 5. The molecule has 0 atom stereocenters. The minimum absolute atomic E-state index is 0.290. The number of carboxylic acids is 2. The Morgan fingerprint density at radius 3 is 2.27 bits per heavy atom. The van der Waals surface area contributed by atoms with E-state index in [2.05, 4.69) is 9.88 Å². The summed E-state index contributed by atoms with van der Waals surface area (Å²) in [5.74, 6) is -2.17. The molecule has 0 bridgehead atoms. The zero-order chi connectivity index (χ0) is 19.7. The van der Waals surface area contributed by atoms with E-state index < -0.39 is 11.9 Å². The Kier molecular flexibility index (Phi) is 8.04. The molecule has 0 aliphatic heterocycles. The molecule has 1 heterocycles. The lowest BCUT2D eigenvalue weighted by Crippen LogP contribution is -2.15. The highest BCUT2D eigenvalue weighted by Gasteiger charge is 2.11. The number of hydrogen-bond donors (Lipinski definition) is 3. The lowest BCUT2D eigenvalue weighted by Gasteiger charge is -2.09. The van der Waals surface area contributed by atoms with Gasteiger partial charge >= 0.3 is 17.9 Å². The van der Waals surface area contributed by atoms with Crippen LogP contribution in [0.5, 0.6) is 5.75 Å². The standard InChI is InChI=1S/C14H18N2O2.C4H4O4/c1-10(17)18-13-6-4-5-12-14(13)11(9-15-12)7-8-16(2)3;5-3(6)1-2-4(7)8/h4-6,9,15H,7-8H2,1-3H3;1-2H,(H,5,6)(H,7,8). The van der Waals surface area contributed by atoms with Crippen molar-refractivity contribution in [3.05, 3.63) is 42.1 Å². The summed E-state index contributed by atoms with van der Waals surface area (Å²) in [6.45, 7) is 2.38. The Bertz CT molecular complexity index is 791. The molecule has 8 nitrogen and oxygen atoms in total. The lowest BCUT2D eigenvalue weighted by atomic mass is 10.1. The van der Waals surface area contributed by atoms with Gasteiger partial charge in [-0.3, -0.25) is 4.79 Å². The normalized spacial score (nSPS) is 10.6. The van der Waals surface area contributed by atoms with Crippen molar-refractivity contribution in [1.29, 1.82) is 0 Å². The number of fused-ring (bicyclic) bond motifs is 1. The summed E-state index contributed by atoms with van der Waals surface area (Å²) in [5.41, 5.74) is 2.18. The first-order valence-electron chi connectivity index (χ1n) is 7.76. The van der Waals surface area contributed by atoms with Crippen molar-refractivity contribution in [2.45, 2.75) is 13.3 Å². The first-order chi connectivity index (χ1) is 12.2. The predicted octanol–water partition coefficient (Wildman–Crippen LogP) is 1.91. The quantitative estimate of drug-likeness (QED) is 0.408. The fourth-order valence-electron chi connectivity index (χ4n) is 2.14. The van der Waals surface area contributed by atoms with E-state index in [1.807, 2.05) is 38.5 Å². The van der Waals surface area contributed by atoms with Crippen LogP contribution in [0.25, 0.3) is 10.9 Å². The van der Waals surface area contributed by atoms with Gasteiger partial charge in [0.25, 0.3) is 0 Å². The molecule has 3 N–H and O–H groups in total. The smallest absolute Gasteiger partial charge is 0.328 e. The summed E-state index contributed by atoms with van der Waals surface area (Å²) in [4.78, 5) is 35.6. The van der Waals surface area contributed by atoms with E-state index in [1.54, 1.807) is 0 Å². The molecule has 0 fully saturated rings. The third kappa shape index (κ3) is 7.18. The first-order valence-corrected chi connectivity index (χ1v) is 7.76. The SMILES string of the molecule is CC(=O)Oc1cccc2[nH]cc(CCN(C)C)c12.O=C(O)C=CC(=O)O. The van der Waals surface area contributed by atoms with Gasteiger partial charge in [-0.15, -0.1) is 0 Å². The van der Waals surface area contributed by atoms with E-state index in [0.29, 0.717) is 17.9 Å². The van der Waals surface area contributed by atoms with Gasteiger partial charge in [-0.1, -0.05) is 6.07 Å². The Hall–Kier alpha value is -3.13. The van der Waals surface area contributed by atoms with Crippen molar-refractivity contribution in [1.82, 2.24) is 9.88 Å². The largest absolute Gasteiger partial charge is 0.478 e. The van der Waals surface area contributed by atoms with Gasteiger partial charge in [-0.05, 0) is 38.2 Å². The van der Waals surface area contributed by atoms with Gasteiger partial charge in [0.2, 0.25) is 0 Å². The van der Waals surface area contributed by atoms with E-state index in [0.717, 1.165) is 23.9 Å². The highest BCUT2D eigenvalue weighted by atomic mass is 16.5. The van der Waals surface area contributed by atoms with Crippen LogP contribution in [0.4, 0.5) is 0 Å². The molecule has 26 heavy (non-hydrogen) atoms. The summed E-state index contributed by atoms with van der Waals surface area (Å²) in [5, 5.41) is 16.6. The number of aromatic nitrogens is 1. The lowest BCUT2D eigenvalue weighted by molar-refractivity contribution is -0.134. The number of esters is 1. The van der Waals surface area contributed by atoms with Crippen molar-refractivity contribution in [3.8, 4) is 5.75 Å². The van der Waals surface area contributed by atoms with Crippen molar-refractivity contribution < 1.29 is 29.3 Å². The van der Waals surface area contributed by atoms with E-state index in [1.165, 1.54) is 12.5 Å². The summed E-state index contributed by atoms with van der Waals surface area (Å²) < 4.78 is 5.26. The highest BCUT2D eigenvalue weighted by Crippen LogP contribution is 2.29. The van der Waals surface area contributed by atoms with Gasteiger partial charge in [0.05, 0.1) is 0 Å². The molecule has 2 aromatic rings. The molecule has 0 radical (unpaired) electrons. The number of carbonyl (C=O) groups is 3. The van der Waals surface area contributed by atoms with Crippen molar-refractivity contribution in [2.75, 3.05) is 20.6 Å². The fourth-order valence-corrected chi connectivity index (χ4v) is 2.14. The van der Waals surface area contributed by atoms with Gasteiger partial charge in [0, 0.05) is 42.7 Å². The summed E-state index contributed by atoms with van der Waals surface area (Å²) in [6.07, 6.45) is 4.02. The van der Waals surface area contributed by atoms with Crippen LogP contribution in [0.1, 0.15) is 12.5 Å². The summed E-state index contributed by atoms with van der Waals surface area (Å²) in [6, 6.07) is 5.70. The molecule has 0 aliphatic rings. The molecule has 0 saturated carbocycles. The highest BCUT2D eigenvalue weighted by molar-refractivity contribution is 5.91. The van der Waals surface area contributed by atoms with Crippen LogP contribution >= 0.6 is 0 Å². The topological polar surface area (TPSA) is 120 Å². The summed E-state index contributed by atoms with van der Waals surface area (Å²) >= 11 is 0. The average Bonchev–Trinajstić information content (AvgIpc) is 2.95.